The van der Waals surface area contributed by atoms with Crippen molar-refractivity contribution >= 4 is 34.9 Å². The first-order valence-corrected chi connectivity index (χ1v) is 14.7. The monoisotopic (exact) mass is 566 g/mol. The molecule has 0 atom stereocenters. The minimum atomic E-state index is 0.0506. The third-order valence-electron chi connectivity index (χ3n) is 7.37. The van der Waals surface area contributed by atoms with Crippen molar-refractivity contribution in [2.75, 3.05) is 42.2 Å². The topological polar surface area (TPSA) is 100 Å². The van der Waals surface area contributed by atoms with Crippen molar-refractivity contribution in [3.63, 3.8) is 0 Å². The van der Waals surface area contributed by atoms with Crippen LogP contribution in [0.4, 0.5) is 34.9 Å². The molecule has 3 heterocycles. The molecule has 1 aliphatic rings. The van der Waals surface area contributed by atoms with Crippen LogP contribution in [0.5, 0.6) is 5.75 Å². The lowest BCUT2D eigenvalue weighted by molar-refractivity contribution is 0.238. The lowest BCUT2D eigenvalue weighted by atomic mass is 9.86. The molecule has 5 rings (SSSR count). The highest BCUT2D eigenvalue weighted by molar-refractivity contribution is 5.64. The number of benzene rings is 2. The zero-order valence-corrected chi connectivity index (χ0v) is 25.6. The van der Waals surface area contributed by atoms with E-state index in [1.54, 1.807) is 6.20 Å². The Morgan fingerprint density at radius 2 is 1.38 bits per heavy atom. The Kier molecular flexibility index (Phi) is 8.87. The van der Waals surface area contributed by atoms with Gasteiger partial charge in [-0.25, -0.2) is 9.97 Å². The smallest absolute Gasteiger partial charge is 0.230 e. The normalized spacial score (nSPS) is 13.7. The molecule has 1 saturated heterocycles. The summed E-state index contributed by atoms with van der Waals surface area (Å²) in [5, 5.41) is 10.1. The molecule has 0 saturated carbocycles. The molecule has 3 N–H and O–H groups in total. The van der Waals surface area contributed by atoms with Gasteiger partial charge in [-0.05, 0) is 99.6 Å². The van der Waals surface area contributed by atoms with Crippen LogP contribution >= 0.6 is 0 Å². The number of rotatable bonds is 10. The number of likely N-dealkylation sites (tertiary alicyclic amines) is 1. The van der Waals surface area contributed by atoms with Crippen LogP contribution < -0.4 is 20.7 Å². The SMILES string of the molecule is Cc1cc(Nc2nc(Nc3nc(Nc4ccc(OCCN5CCCC5)cc4)ncc3C)ncc2C)cc(C(C)(C)C)c1. The van der Waals surface area contributed by atoms with Crippen LogP contribution in [-0.4, -0.2) is 51.1 Å². The van der Waals surface area contributed by atoms with Gasteiger partial charge in [-0.1, -0.05) is 26.8 Å². The summed E-state index contributed by atoms with van der Waals surface area (Å²) in [6, 6.07) is 14.4. The molecule has 2 aromatic heterocycles. The van der Waals surface area contributed by atoms with Gasteiger partial charge in [0.05, 0.1) is 0 Å². The number of aryl methyl sites for hydroxylation is 3. The maximum Gasteiger partial charge on any atom is 0.230 e. The number of ether oxygens (including phenoxy) is 1. The van der Waals surface area contributed by atoms with Gasteiger partial charge in [-0.15, -0.1) is 0 Å². The lowest BCUT2D eigenvalue weighted by Crippen LogP contribution is -2.25. The average Bonchev–Trinajstić information content (AvgIpc) is 3.46. The Morgan fingerprint density at radius 3 is 2.02 bits per heavy atom. The second-order valence-corrected chi connectivity index (χ2v) is 12.1. The fourth-order valence-corrected chi connectivity index (χ4v) is 4.85. The molecule has 220 valence electrons. The van der Waals surface area contributed by atoms with Gasteiger partial charge in [0, 0.05) is 41.4 Å². The van der Waals surface area contributed by atoms with Gasteiger partial charge in [-0.2, -0.15) is 9.97 Å². The summed E-state index contributed by atoms with van der Waals surface area (Å²) < 4.78 is 5.93. The fourth-order valence-electron chi connectivity index (χ4n) is 4.85. The quantitative estimate of drug-likeness (QED) is 0.184. The summed E-state index contributed by atoms with van der Waals surface area (Å²) in [7, 11) is 0. The van der Waals surface area contributed by atoms with Gasteiger partial charge in [0.1, 0.15) is 24.0 Å². The van der Waals surface area contributed by atoms with Crippen LogP contribution in [0, 0.1) is 20.8 Å². The first kappa shape index (κ1) is 29.3. The molecular weight excluding hydrogens is 524 g/mol. The number of nitrogens with one attached hydrogen (secondary N) is 3. The van der Waals surface area contributed by atoms with E-state index in [-0.39, 0.29) is 5.41 Å². The molecule has 0 aliphatic carbocycles. The molecule has 42 heavy (non-hydrogen) atoms. The second-order valence-electron chi connectivity index (χ2n) is 12.1. The zero-order valence-electron chi connectivity index (χ0n) is 25.6. The van der Waals surface area contributed by atoms with E-state index in [1.165, 1.54) is 37.1 Å². The van der Waals surface area contributed by atoms with E-state index in [1.807, 2.05) is 44.3 Å². The number of nitrogens with zero attached hydrogens (tertiary/aromatic N) is 5. The molecule has 0 amide bonds. The standard InChI is InChI=1S/C33H42N8O/c1-22-17-25(33(4,5)6)19-27(18-22)36-29-23(2)20-35-32(38-29)40-30-24(3)21-34-31(39-30)37-26-9-11-28(12-10-26)42-16-15-41-13-7-8-14-41/h9-12,17-21H,7-8,13-16H2,1-6H3,(H3,34,35,36,37,38,39,40). The molecule has 0 radical (unpaired) electrons. The summed E-state index contributed by atoms with van der Waals surface area (Å²) in [6.45, 7) is 16.7. The predicted molar refractivity (Wildman–Crippen MR) is 171 cm³/mol. The predicted octanol–water partition coefficient (Wildman–Crippen LogP) is 7.19. The Morgan fingerprint density at radius 1 is 0.762 bits per heavy atom. The van der Waals surface area contributed by atoms with Crippen molar-refractivity contribution in [3.05, 3.63) is 77.1 Å². The van der Waals surface area contributed by atoms with Crippen LogP contribution in [0.2, 0.25) is 0 Å². The van der Waals surface area contributed by atoms with E-state index in [2.05, 4.69) is 76.7 Å². The van der Waals surface area contributed by atoms with Crippen LogP contribution in [-0.2, 0) is 5.41 Å². The molecule has 1 aliphatic heterocycles. The number of hydrogen-bond acceptors (Lipinski definition) is 9. The lowest BCUT2D eigenvalue weighted by Gasteiger charge is -2.21. The van der Waals surface area contributed by atoms with Crippen LogP contribution in [0.1, 0.15) is 55.9 Å². The maximum atomic E-state index is 5.93. The third kappa shape index (κ3) is 7.73. The molecule has 9 heteroatoms. The van der Waals surface area contributed by atoms with Gasteiger partial charge < -0.3 is 20.7 Å². The summed E-state index contributed by atoms with van der Waals surface area (Å²) in [5.41, 5.74) is 6.23. The first-order chi connectivity index (χ1) is 20.1. The Hall–Kier alpha value is -4.24. The van der Waals surface area contributed by atoms with Gasteiger partial charge in [0.2, 0.25) is 11.9 Å². The van der Waals surface area contributed by atoms with E-state index in [4.69, 9.17) is 14.7 Å². The molecule has 4 aromatic rings. The van der Waals surface area contributed by atoms with Crippen molar-refractivity contribution in [2.24, 2.45) is 0 Å². The van der Waals surface area contributed by atoms with Gasteiger partial charge in [0.15, 0.2) is 0 Å². The minimum absolute atomic E-state index is 0.0506. The van der Waals surface area contributed by atoms with Crippen LogP contribution in [0.15, 0.2) is 54.9 Å². The molecule has 0 unspecified atom stereocenters. The van der Waals surface area contributed by atoms with Crippen molar-refractivity contribution in [1.82, 2.24) is 24.8 Å². The number of aromatic nitrogens is 4. The molecule has 0 bridgehead atoms. The van der Waals surface area contributed by atoms with E-state index in [0.717, 1.165) is 40.6 Å². The summed E-state index contributed by atoms with van der Waals surface area (Å²) in [5.74, 6) is 3.16. The van der Waals surface area contributed by atoms with Crippen LogP contribution in [0.3, 0.4) is 0 Å². The summed E-state index contributed by atoms with van der Waals surface area (Å²) >= 11 is 0. The molecule has 2 aromatic carbocycles. The third-order valence-corrected chi connectivity index (χ3v) is 7.37. The molecule has 9 nitrogen and oxygen atoms in total. The Balaban J connectivity index is 1.24. The minimum Gasteiger partial charge on any atom is -0.492 e. The summed E-state index contributed by atoms with van der Waals surface area (Å²) in [6.07, 6.45) is 6.17. The van der Waals surface area contributed by atoms with E-state index >= 15 is 0 Å². The van der Waals surface area contributed by atoms with Crippen molar-refractivity contribution in [3.8, 4) is 5.75 Å². The maximum absolute atomic E-state index is 5.93. The molecule has 0 spiro atoms. The average molecular weight is 567 g/mol. The fraction of sp³-hybridized carbons (Fsp3) is 0.394. The largest absolute Gasteiger partial charge is 0.492 e. The Labute approximate surface area is 249 Å². The number of anilines is 6. The van der Waals surface area contributed by atoms with Gasteiger partial charge in [-0.3, -0.25) is 4.90 Å². The van der Waals surface area contributed by atoms with E-state index < -0.39 is 0 Å². The highest BCUT2D eigenvalue weighted by Gasteiger charge is 2.16. The summed E-state index contributed by atoms with van der Waals surface area (Å²) in [4.78, 5) is 20.9. The highest BCUT2D eigenvalue weighted by Crippen LogP contribution is 2.29. The van der Waals surface area contributed by atoms with Gasteiger partial charge in [0.25, 0.3) is 0 Å². The van der Waals surface area contributed by atoms with Gasteiger partial charge >= 0.3 is 0 Å². The van der Waals surface area contributed by atoms with Crippen molar-refractivity contribution < 1.29 is 4.74 Å². The molecular formula is C33H42N8O. The first-order valence-electron chi connectivity index (χ1n) is 14.7. The van der Waals surface area contributed by atoms with E-state index in [9.17, 15) is 0 Å². The van der Waals surface area contributed by atoms with Crippen molar-refractivity contribution in [2.45, 2.75) is 59.8 Å². The van der Waals surface area contributed by atoms with Crippen molar-refractivity contribution in [1.29, 1.82) is 0 Å². The highest BCUT2D eigenvalue weighted by atomic mass is 16.5. The second kappa shape index (κ2) is 12.7. The van der Waals surface area contributed by atoms with E-state index in [0.29, 0.717) is 24.3 Å². The zero-order chi connectivity index (χ0) is 29.7. The number of hydrogen-bond donors (Lipinski definition) is 3. The Bertz CT molecular complexity index is 1510. The van der Waals surface area contributed by atoms with Crippen LogP contribution in [0.25, 0.3) is 0 Å². The molecule has 1 fully saturated rings.